The summed E-state index contributed by atoms with van der Waals surface area (Å²) >= 11 is 0. The van der Waals surface area contributed by atoms with Crippen LogP contribution in [0.2, 0.25) is 0 Å². The third kappa shape index (κ3) is 4.03. The van der Waals surface area contributed by atoms with Gasteiger partial charge in [-0.3, -0.25) is 9.59 Å². The first kappa shape index (κ1) is 17.8. The van der Waals surface area contributed by atoms with E-state index >= 15 is 0 Å². The van der Waals surface area contributed by atoms with Gasteiger partial charge in [0.05, 0.1) is 0 Å². The summed E-state index contributed by atoms with van der Waals surface area (Å²) in [6, 6.07) is 7.26. The molecular weight excluding hydrogens is 314 g/mol. The minimum absolute atomic E-state index is 0. The van der Waals surface area contributed by atoms with E-state index in [1.54, 1.807) is 6.07 Å². The zero-order chi connectivity index (χ0) is 15.5. The fourth-order valence-electron chi connectivity index (χ4n) is 2.97. The van der Waals surface area contributed by atoms with Gasteiger partial charge in [0.2, 0.25) is 5.91 Å². The molecule has 126 valence electrons. The largest absolute Gasteiger partial charge is 0.339 e. The van der Waals surface area contributed by atoms with Crippen LogP contribution in [0.3, 0.4) is 0 Å². The van der Waals surface area contributed by atoms with E-state index in [0.29, 0.717) is 17.2 Å². The molecular formula is C17H24ClN3O2. The Morgan fingerprint density at radius 2 is 1.96 bits per heavy atom. The molecule has 5 nitrogen and oxygen atoms in total. The van der Waals surface area contributed by atoms with E-state index in [4.69, 9.17) is 0 Å². The average molecular weight is 338 g/mol. The van der Waals surface area contributed by atoms with E-state index in [9.17, 15) is 9.59 Å². The number of hydrogen-bond donors (Lipinski definition) is 2. The van der Waals surface area contributed by atoms with Crippen LogP contribution in [-0.4, -0.2) is 42.9 Å². The molecule has 2 aliphatic rings. The second-order valence-electron chi connectivity index (χ2n) is 6.28. The Hall–Kier alpha value is -1.59. The lowest BCUT2D eigenvalue weighted by Gasteiger charge is -2.31. The topological polar surface area (TPSA) is 61.4 Å². The van der Waals surface area contributed by atoms with Gasteiger partial charge in [0.15, 0.2) is 0 Å². The molecule has 1 atom stereocenters. The van der Waals surface area contributed by atoms with Crippen molar-refractivity contribution in [3.05, 3.63) is 29.8 Å². The number of anilines is 1. The van der Waals surface area contributed by atoms with Crippen LogP contribution in [0.1, 0.15) is 30.1 Å². The maximum atomic E-state index is 12.4. The van der Waals surface area contributed by atoms with Crippen molar-refractivity contribution in [3.63, 3.8) is 0 Å². The standard InChI is InChI=1S/C17H23N3O2.ClH/c1-12(14-10-18-11-14)16(21)19-15-6-4-5-13(9-15)17(22)20-7-2-3-8-20;/h4-6,9,12,14,18H,2-3,7-8,10-11H2,1H3,(H,19,21);1H. The van der Waals surface area contributed by atoms with Crippen molar-refractivity contribution in [2.45, 2.75) is 19.8 Å². The Kier molecular flexibility index (Phi) is 6.02. The summed E-state index contributed by atoms with van der Waals surface area (Å²) in [5.74, 6) is 0.482. The van der Waals surface area contributed by atoms with Crippen LogP contribution in [0.5, 0.6) is 0 Å². The molecule has 0 spiro atoms. The van der Waals surface area contributed by atoms with Gasteiger partial charge in [-0.05, 0) is 50.0 Å². The first-order valence-corrected chi connectivity index (χ1v) is 8.06. The maximum absolute atomic E-state index is 12.4. The van der Waals surface area contributed by atoms with Gasteiger partial charge in [-0.1, -0.05) is 13.0 Å². The first-order valence-electron chi connectivity index (χ1n) is 8.06. The van der Waals surface area contributed by atoms with Crippen LogP contribution in [0.25, 0.3) is 0 Å². The maximum Gasteiger partial charge on any atom is 0.253 e. The molecule has 2 N–H and O–H groups in total. The van der Waals surface area contributed by atoms with Crippen molar-refractivity contribution < 1.29 is 9.59 Å². The van der Waals surface area contributed by atoms with Gasteiger partial charge in [0.1, 0.15) is 0 Å². The van der Waals surface area contributed by atoms with E-state index in [2.05, 4.69) is 10.6 Å². The second-order valence-corrected chi connectivity index (χ2v) is 6.28. The van der Waals surface area contributed by atoms with Crippen molar-refractivity contribution in [3.8, 4) is 0 Å². The molecule has 2 aliphatic heterocycles. The van der Waals surface area contributed by atoms with Crippen molar-refractivity contribution in [1.82, 2.24) is 10.2 Å². The summed E-state index contributed by atoms with van der Waals surface area (Å²) in [4.78, 5) is 26.5. The number of nitrogens with zero attached hydrogens (tertiary/aromatic N) is 1. The van der Waals surface area contributed by atoms with Gasteiger partial charge in [0.25, 0.3) is 5.91 Å². The van der Waals surface area contributed by atoms with E-state index < -0.39 is 0 Å². The minimum Gasteiger partial charge on any atom is -0.339 e. The third-order valence-corrected chi connectivity index (χ3v) is 4.70. The second kappa shape index (κ2) is 7.79. The van der Waals surface area contributed by atoms with Gasteiger partial charge < -0.3 is 15.5 Å². The number of nitrogens with one attached hydrogen (secondary N) is 2. The predicted molar refractivity (Wildman–Crippen MR) is 93.0 cm³/mol. The molecule has 6 heteroatoms. The van der Waals surface area contributed by atoms with Crippen molar-refractivity contribution in [2.75, 3.05) is 31.5 Å². The van der Waals surface area contributed by atoms with Gasteiger partial charge in [-0.25, -0.2) is 0 Å². The number of amides is 2. The Balaban J connectivity index is 0.00000192. The van der Waals surface area contributed by atoms with E-state index in [1.807, 2.05) is 30.0 Å². The molecule has 0 radical (unpaired) electrons. The molecule has 2 fully saturated rings. The Morgan fingerprint density at radius 1 is 1.26 bits per heavy atom. The number of likely N-dealkylation sites (tertiary alicyclic amines) is 1. The van der Waals surface area contributed by atoms with Gasteiger partial charge in [-0.2, -0.15) is 0 Å². The third-order valence-electron chi connectivity index (χ3n) is 4.70. The van der Waals surface area contributed by atoms with Crippen molar-refractivity contribution in [1.29, 1.82) is 0 Å². The lowest BCUT2D eigenvalue weighted by Crippen LogP contribution is -2.48. The molecule has 0 bridgehead atoms. The summed E-state index contributed by atoms with van der Waals surface area (Å²) in [5, 5.41) is 6.13. The first-order chi connectivity index (χ1) is 10.6. The Morgan fingerprint density at radius 3 is 2.57 bits per heavy atom. The smallest absolute Gasteiger partial charge is 0.253 e. The fourth-order valence-corrected chi connectivity index (χ4v) is 2.97. The number of benzene rings is 1. The Bertz CT molecular complexity index is 569. The molecule has 2 saturated heterocycles. The van der Waals surface area contributed by atoms with Gasteiger partial charge >= 0.3 is 0 Å². The highest BCUT2D eigenvalue weighted by molar-refractivity contribution is 5.97. The number of rotatable bonds is 4. The summed E-state index contributed by atoms with van der Waals surface area (Å²) in [7, 11) is 0. The van der Waals surface area contributed by atoms with Crippen LogP contribution in [0, 0.1) is 11.8 Å². The fraction of sp³-hybridized carbons (Fsp3) is 0.529. The normalized spacial score (nSPS) is 18.7. The van der Waals surface area contributed by atoms with E-state index in [-0.39, 0.29) is 30.1 Å². The molecule has 1 aromatic rings. The number of hydrogen-bond acceptors (Lipinski definition) is 3. The van der Waals surface area contributed by atoms with E-state index in [0.717, 1.165) is 39.0 Å². The molecule has 2 heterocycles. The number of halogens is 1. The average Bonchev–Trinajstić information content (AvgIpc) is 2.99. The van der Waals surface area contributed by atoms with E-state index in [1.165, 1.54) is 0 Å². The molecule has 1 aromatic carbocycles. The SMILES string of the molecule is CC(C(=O)Nc1cccc(C(=O)N2CCCC2)c1)C1CNC1.Cl. The summed E-state index contributed by atoms with van der Waals surface area (Å²) in [6.07, 6.45) is 2.16. The minimum atomic E-state index is -0.0146. The molecule has 1 unspecified atom stereocenters. The van der Waals surface area contributed by atoms with Crippen LogP contribution < -0.4 is 10.6 Å². The zero-order valence-corrected chi connectivity index (χ0v) is 14.2. The van der Waals surface area contributed by atoms with Crippen LogP contribution in [0.4, 0.5) is 5.69 Å². The molecule has 3 rings (SSSR count). The Labute approximate surface area is 143 Å². The molecule has 0 aliphatic carbocycles. The summed E-state index contributed by atoms with van der Waals surface area (Å²) in [5.41, 5.74) is 1.35. The van der Waals surface area contributed by atoms with Crippen LogP contribution >= 0.6 is 12.4 Å². The lowest BCUT2D eigenvalue weighted by molar-refractivity contribution is -0.121. The number of carbonyl (C=O) groups is 2. The van der Waals surface area contributed by atoms with Crippen LogP contribution in [0.15, 0.2) is 24.3 Å². The van der Waals surface area contributed by atoms with Gasteiger partial charge in [-0.15, -0.1) is 12.4 Å². The monoisotopic (exact) mass is 337 g/mol. The highest BCUT2D eigenvalue weighted by Gasteiger charge is 2.28. The van der Waals surface area contributed by atoms with Crippen molar-refractivity contribution in [2.24, 2.45) is 11.8 Å². The van der Waals surface area contributed by atoms with Crippen molar-refractivity contribution >= 4 is 29.9 Å². The summed E-state index contributed by atoms with van der Waals surface area (Å²) in [6.45, 7) is 5.44. The summed E-state index contributed by atoms with van der Waals surface area (Å²) < 4.78 is 0. The quantitative estimate of drug-likeness (QED) is 0.885. The highest BCUT2D eigenvalue weighted by Crippen LogP contribution is 2.20. The molecule has 2 amide bonds. The van der Waals surface area contributed by atoms with Gasteiger partial charge in [0, 0.05) is 30.3 Å². The lowest BCUT2D eigenvalue weighted by atomic mass is 9.88. The number of carbonyl (C=O) groups excluding carboxylic acids is 2. The van der Waals surface area contributed by atoms with Crippen LogP contribution in [-0.2, 0) is 4.79 Å². The molecule has 0 saturated carbocycles. The molecule has 23 heavy (non-hydrogen) atoms. The molecule has 0 aromatic heterocycles. The zero-order valence-electron chi connectivity index (χ0n) is 13.4. The highest BCUT2D eigenvalue weighted by atomic mass is 35.5. The predicted octanol–water partition coefficient (Wildman–Crippen LogP) is 2.14.